The highest BCUT2D eigenvalue weighted by Crippen LogP contribution is 2.22. The highest BCUT2D eigenvalue weighted by molar-refractivity contribution is 5.67. The molecular weight excluding hydrogens is 200 g/mol. The fraction of sp³-hybridized carbons (Fsp3) is 0. The van der Waals surface area contributed by atoms with Crippen molar-refractivity contribution < 1.29 is 0 Å². The molecule has 0 saturated heterocycles. The Balaban J connectivity index is 2.19. The summed E-state index contributed by atoms with van der Waals surface area (Å²) in [5, 5.41) is 0. The topological polar surface area (TPSA) is 46.5 Å². The average Bonchev–Trinajstić information content (AvgIpc) is 3.03. The van der Waals surface area contributed by atoms with Gasteiger partial charge in [-0.2, -0.15) is 0 Å². The van der Waals surface area contributed by atoms with Gasteiger partial charge < -0.3 is 9.55 Å². The molecule has 0 aliphatic carbocycles. The van der Waals surface area contributed by atoms with Crippen LogP contribution in [-0.2, 0) is 0 Å². The van der Waals surface area contributed by atoms with Crippen molar-refractivity contribution in [3.63, 3.8) is 0 Å². The maximum atomic E-state index is 4.27. The second-order valence-electron chi connectivity index (χ2n) is 3.42. The summed E-state index contributed by atoms with van der Waals surface area (Å²) in [5.41, 5.74) is 2.13. The Morgan fingerprint density at radius 1 is 1.12 bits per heavy atom. The number of benzene rings is 1. The van der Waals surface area contributed by atoms with E-state index in [1.54, 1.807) is 18.7 Å². The number of imidazole rings is 2. The molecule has 1 aromatic carbocycles. The summed E-state index contributed by atoms with van der Waals surface area (Å²) in [6.45, 7) is 0. The first-order valence-electron chi connectivity index (χ1n) is 5.02. The van der Waals surface area contributed by atoms with Crippen LogP contribution in [0, 0.1) is 0 Å². The predicted octanol–water partition coefficient (Wildman–Crippen LogP) is 2.26. The van der Waals surface area contributed by atoms with Crippen molar-refractivity contribution in [1.82, 2.24) is 19.5 Å². The molecule has 3 aromatic rings. The lowest BCUT2D eigenvalue weighted by atomic mass is 10.1. The van der Waals surface area contributed by atoms with Crippen LogP contribution in [0.5, 0.6) is 0 Å². The number of rotatable bonds is 2. The minimum absolute atomic E-state index is 0.865. The van der Waals surface area contributed by atoms with E-state index in [-0.39, 0.29) is 0 Å². The second-order valence-corrected chi connectivity index (χ2v) is 3.42. The normalized spacial score (nSPS) is 10.5. The van der Waals surface area contributed by atoms with Gasteiger partial charge in [-0.1, -0.05) is 12.1 Å². The van der Waals surface area contributed by atoms with Crippen molar-refractivity contribution >= 4 is 0 Å². The van der Waals surface area contributed by atoms with E-state index in [9.17, 15) is 0 Å². The molecule has 0 aliphatic heterocycles. The Labute approximate surface area is 92.6 Å². The molecule has 4 nitrogen and oxygen atoms in total. The minimum atomic E-state index is 0.865. The van der Waals surface area contributed by atoms with Crippen LogP contribution in [0.25, 0.3) is 17.1 Å². The number of aromatic amines is 1. The van der Waals surface area contributed by atoms with Gasteiger partial charge in [-0.15, -0.1) is 0 Å². The molecule has 0 bridgehead atoms. The zero-order valence-electron chi connectivity index (χ0n) is 8.54. The number of aromatic nitrogens is 4. The van der Waals surface area contributed by atoms with E-state index in [1.165, 1.54) is 0 Å². The van der Waals surface area contributed by atoms with Gasteiger partial charge in [-0.3, -0.25) is 0 Å². The SMILES string of the molecule is c1ccc(-n2ccnc2)c(-c2ncc[nH]2)c1. The van der Waals surface area contributed by atoms with Crippen LogP contribution >= 0.6 is 0 Å². The molecule has 4 heteroatoms. The number of H-pyrrole nitrogens is 1. The third kappa shape index (κ3) is 1.40. The standard InChI is InChI=1S/C12H10N4/c1-2-4-11(16-8-7-13-9-16)10(3-1)12-14-5-6-15-12/h1-9H,(H,14,15). The Kier molecular flexibility index (Phi) is 2.04. The molecule has 0 amide bonds. The van der Waals surface area contributed by atoms with Crippen molar-refractivity contribution in [2.75, 3.05) is 0 Å². The average molecular weight is 210 g/mol. The zero-order chi connectivity index (χ0) is 10.8. The molecule has 2 heterocycles. The molecule has 3 rings (SSSR count). The van der Waals surface area contributed by atoms with Crippen LogP contribution in [0.2, 0.25) is 0 Å². The van der Waals surface area contributed by atoms with Gasteiger partial charge in [0.05, 0.1) is 12.0 Å². The van der Waals surface area contributed by atoms with Crippen molar-refractivity contribution in [2.45, 2.75) is 0 Å². The monoisotopic (exact) mass is 210 g/mol. The van der Waals surface area contributed by atoms with Crippen LogP contribution in [0.1, 0.15) is 0 Å². The maximum Gasteiger partial charge on any atom is 0.139 e. The van der Waals surface area contributed by atoms with Gasteiger partial charge in [0.15, 0.2) is 0 Å². The Hall–Kier alpha value is -2.36. The van der Waals surface area contributed by atoms with Crippen LogP contribution in [0.3, 0.4) is 0 Å². The maximum absolute atomic E-state index is 4.27. The van der Waals surface area contributed by atoms with Gasteiger partial charge in [-0.05, 0) is 12.1 Å². The molecule has 0 unspecified atom stereocenters. The van der Waals surface area contributed by atoms with Crippen LogP contribution in [0.4, 0.5) is 0 Å². The number of nitrogens with zero attached hydrogens (tertiary/aromatic N) is 3. The summed E-state index contributed by atoms with van der Waals surface area (Å²) < 4.78 is 1.97. The summed E-state index contributed by atoms with van der Waals surface area (Å²) >= 11 is 0. The van der Waals surface area contributed by atoms with Crippen molar-refractivity contribution in [1.29, 1.82) is 0 Å². The predicted molar refractivity (Wildman–Crippen MR) is 61.1 cm³/mol. The van der Waals surface area contributed by atoms with Crippen molar-refractivity contribution in [3.05, 3.63) is 55.4 Å². The summed E-state index contributed by atoms with van der Waals surface area (Å²) in [6.07, 6.45) is 9.03. The Morgan fingerprint density at radius 3 is 2.81 bits per heavy atom. The molecule has 2 aromatic heterocycles. The molecule has 0 spiro atoms. The van der Waals surface area contributed by atoms with Crippen LogP contribution in [-0.4, -0.2) is 19.5 Å². The smallest absolute Gasteiger partial charge is 0.139 e. The van der Waals surface area contributed by atoms with E-state index < -0.39 is 0 Å². The minimum Gasteiger partial charge on any atom is -0.345 e. The van der Waals surface area contributed by atoms with Crippen molar-refractivity contribution in [2.24, 2.45) is 0 Å². The number of nitrogens with one attached hydrogen (secondary N) is 1. The summed E-state index contributed by atoms with van der Waals surface area (Å²) in [5.74, 6) is 0.865. The van der Waals surface area contributed by atoms with E-state index in [1.807, 2.05) is 41.2 Å². The molecule has 0 saturated carbocycles. The van der Waals surface area contributed by atoms with E-state index in [0.29, 0.717) is 0 Å². The lowest BCUT2D eigenvalue weighted by Crippen LogP contribution is -1.94. The van der Waals surface area contributed by atoms with E-state index in [4.69, 9.17) is 0 Å². The lowest BCUT2D eigenvalue weighted by Gasteiger charge is -2.07. The quantitative estimate of drug-likeness (QED) is 0.705. The van der Waals surface area contributed by atoms with Gasteiger partial charge in [-0.25, -0.2) is 9.97 Å². The first kappa shape index (κ1) is 8.91. The van der Waals surface area contributed by atoms with E-state index in [2.05, 4.69) is 15.0 Å². The van der Waals surface area contributed by atoms with Gasteiger partial charge in [0.2, 0.25) is 0 Å². The van der Waals surface area contributed by atoms with Crippen LogP contribution in [0.15, 0.2) is 55.4 Å². The molecular formula is C12H10N4. The Morgan fingerprint density at radius 2 is 2.06 bits per heavy atom. The van der Waals surface area contributed by atoms with Gasteiger partial charge >= 0.3 is 0 Å². The molecule has 0 atom stereocenters. The highest BCUT2D eigenvalue weighted by Gasteiger charge is 2.07. The van der Waals surface area contributed by atoms with Crippen LogP contribution < -0.4 is 0 Å². The van der Waals surface area contributed by atoms with E-state index in [0.717, 1.165) is 17.1 Å². The largest absolute Gasteiger partial charge is 0.345 e. The van der Waals surface area contributed by atoms with Gasteiger partial charge in [0, 0.05) is 30.4 Å². The molecule has 1 N–H and O–H groups in total. The lowest BCUT2D eigenvalue weighted by molar-refractivity contribution is 1.05. The van der Waals surface area contributed by atoms with E-state index >= 15 is 0 Å². The fourth-order valence-electron chi connectivity index (χ4n) is 1.71. The number of hydrogen-bond donors (Lipinski definition) is 1. The molecule has 0 radical (unpaired) electrons. The first-order chi connectivity index (χ1) is 7.95. The third-order valence-corrected chi connectivity index (χ3v) is 2.44. The molecule has 16 heavy (non-hydrogen) atoms. The summed E-state index contributed by atoms with van der Waals surface area (Å²) in [4.78, 5) is 11.4. The Bertz CT molecular complexity index is 514. The summed E-state index contributed by atoms with van der Waals surface area (Å²) in [6, 6.07) is 8.08. The number of hydrogen-bond acceptors (Lipinski definition) is 2. The van der Waals surface area contributed by atoms with Gasteiger partial charge in [0.1, 0.15) is 5.82 Å². The third-order valence-electron chi connectivity index (χ3n) is 2.44. The molecule has 0 aliphatic rings. The highest BCUT2D eigenvalue weighted by atomic mass is 15.0. The first-order valence-corrected chi connectivity index (χ1v) is 5.02. The zero-order valence-corrected chi connectivity index (χ0v) is 8.54. The number of para-hydroxylation sites is 1. The fourth-order valence-corrected chi connectivity index (χ4v) is 1.71. The second kappa shape index (κ2) is 3.66. The molecule has 0 fully saturated rings. The summed E-state index contributed by atoms with van der Waals surface area (Å²) in [7, 11) is 0. The van der Waals surface area contributed by atoms with Crippen molar-refractivity contribution in [3.8, 4) is 17.1 Å². The van der Waals surface area contributed by atoms with Gasteiger partial charge in [0.25, 0.3) is 0 Å². The molecule has 78 valence electrons.